The van der Waals surface area contributed by atoms with Gasteiger partial charge in [-0.05, 0) is 25.2 Å². The number of hydrogen-bond acceptors (Lipinski definition) is 4. The predicted octanol–water partition coefficient (Wildman–Crippen LogP) is 2.25. The van der Waals surface area contributed by atoms with Gasteiger partial charge in [-0.2, -0.15) is 0 Å². The third-order valence-electron chi connectivity index (χ3n) is 3.54. The fourth-order valence-corrected chi connectivity index (χ4v) is 2.40. The number of nitrogen functional groups attached to an aromatic ring is 1. The maximum atomic E-state index is 5.96. The standard InChI is InChI=1S/C13H22N4/c1-3-4-11-12(14)15-9-16-13(11)17-7-5-10(2)6-8-17/h9-10H,3-8H2,1-2H3,(H2,14,15,16). The van der Waals surface area contributed by atoms with Crippen LogP contribution in [0.15, 0.2) is 6.33 Å². The molecule has 1 aromatic heterocycles. The molecule has 0 bridgehead atoms. The van der Waals surface area contributed by atoms with Gasteiger partial charge in [0.15, 0.2) is 0 Å². The van der Waals surface area contributed by atoms with E-state index in [9.17, 15) is 0 Å². The molecule has 4 nitrogen and oxygen atoms in total. The maximum Gasteiger partial charge on any atom is 0.137 e. The van der Waals surface area contributed by atoms with Gasteiger partial charge in [0.25, 0.3) is 0 Å². The van der Waals surface area contributed by atoms with E-state index in [0.29, 0.717) is 5.82 Å². The second kappa shape index (κ2) is 5.34. The highest BCUT2D eigenvalue weighted by molar-refractivity contribution is 5.56. The van der Waals surface area contributed by atoms with Crippen LogP contribution in [0.1, 0.15) is 38.7 Å². The third kappa shape index (κ3) is 2.68. The highest BCUT2D eigenvalue weighted by atomic mass is 15.2. The van der Waals surface area contributed by atoms with Gasteiger partial charge in [-0.25, -0.2) is 9.97 Å². The summed E-state index contributed by atoms with van der Waals surface area (Å²) in [6.07, 6.45) is 6.12. The zero-order valence-corrected chi connectivity index (χ0v) is 10.8. The van der Waals surface area contributed by atoms with E-state index in [1.54, 1.807) is 6.33 Å². The molecule has 1 fully saturated rings. The van der Waals surface area contributed by atoms with Crippen molar-refractivity contribution in [2.75, 3.05) is 23.7 Å². The van der Waals surface area contributed by atoms with Crippen molar-refractivity contribution in [2.45, 2.75) is 39.5 Å². The zero-order chi connectivity index (χ0) is 12.3. The third-order valence-corrected chi connectivity index (χ3v) is 3.54. The minimum Gasteiger partial charge on any atom is -0.383 e. The molecule has 2 rings (SSSR count). The highest BCUT2D eigenvalue weighted by Gasteiger charge is 2.20. The van der Waals surface area contributed by atoms with Crippen LogP contribution >= 0.6 is 0 Å². The van der Waals surface area contributed by atoms with Crippen molar-refractivity contribution in [2.24, 2.45) is 5.92 Å². The summed E-state index contributed by atoms with van der Waals surface area (Å²) >= 11 is 0. The first-order chi connectivity index (χ1) is 8.22. The Morgan fingerprint density at radius 2 is 2.06 bits per heavy atom. The molecule has 0 aromatic carbocycles. The van der Waals surface area contributed by atoms with Gasteiger partial charge in [0, 0.05) is 18.7 Å². The molecule has 1 aromatic rings. The summed E-state index contributed by atoms with van der Waals surface area (Å²) in [5, 5.41) is 0. The number of hydrogen-bond donors (Lipinski definition) is 1. The lowest BCUT2D eigenvalue weighted by molar-refractivity contribution is 0.436. The van der Waals surface area contributed by atoms with E-state index in [-0.39, 0.29) is 0 Å². The van der Waals surface area contributed by atoms with E-state index in [0.717, 1.165) is 43.2 Å². The second-order valence-corrected chi connectivity index (χ2v) is 4.98. The summed E-state index contributed by atoms with van der Waals surface area (Å²) in [5.41, 5.74) is 7.09. The van der Waals surface area contributed by atoms with Crippen LogP contribution in [0.2, 0.25) is 0 Å². The maximum absolute atomic E-state index is 5.96. The molecular weight excluding hydrogens is 212 g/mol. The lowest BCUT2D eigenvalue weighted by atomic mass is 9.98. The van der Waals surface area contributed by atoms with Crippen molar-refractivity contribution >= 4 is 11.6 Å². The molecule has 17 heavy (non-hydrogen) atoms. The summed E-state index contributed by atoms with van der Waals surface area (Å²) in [5.74, 6) is 2.54. The van der Waals surface area contributed by atoms with Crippen LogP contribution < -0.4 is 10.6 Å². The van der Waals surface area contributed by atoms with Crippen molar-refractivity contribution < 1.29 is 0 Å². The molecule has 0 spiro atoms. The van der Waals surface area contributed by atoms with E-state index in [1.165, 1.54) is 12.8 Å². The van der Waals surface area contributed by atoms with E-state index >= 15 is 0 Å². The summed E-state index contributed by atoms with van der Waals surface area (Å²) in [7, 11) is 0. The van der Waals surface area contributed by atoms with E-state index in [4.69, 9.17) is 5.73 Å². The van der Waals surface area contributed by atoms with Crippen molar-refractivity contribution in [3.8, 4) is 0 Å². The van der Waals surface area contributed by atoms with Gasteiger partial charge in [0.1, 0.15) is 18.0 Å². The number of rotatable bonds is 3. The Bertz CT molecular complexity index is 370. The van der Waals surface area contributed by atoms with E-state index in [2.05, 4.69) is 28.7 Å². The zero-order valence-electron chi connectivity index (χ0n) is 10.8. The summed E-state index contributed by atoms with van der Waals surface area (Å²) in [6.45, 7) is 6.66. The van der Waals surface area contributed by atoms with Gasteiger partial charge in [0.2, 0.25) is 0 Å². The number of nitrogens with two attached hydrogens (primary N) is 1. The molecule has 94 valence electrons. The largest absolute Gasteiger partial charge is 0.383 e. The molecule has 0 unspecified atom stereocenters. The summed E-state index contributed by atoms with van der Waals surface area (Å²) in [6, 6.07) is 0. The minimum absolute atomic E-state index is 0.649. The number of nitrogens with zero attached hydrogens (tertiary/aromatic N) is 3. The normalized spacial score (nSPS) is 17.4. The molecule has 0 amide bonds. The average molecular weight is 234 g/mol. The van der Waals surface area contributed by atoms with Crippen molar-refractivity contribution in [1.82, 2.24) is 9.97 Å². The smallest absolute Gasteiger partial charge is 0.137 e. The fourth-order valence-electron chi connectivity index (χ4n) is 2.40. The van der Waals surface area contributed by atoms with Crippen LogP contribution in [0.4, 0.5) is 11.6 Å². The van der Waals surface area contributed by atoms with E-state index in [1.807, 2.05) is 0 Å². The van der Waals surface area contributed by atoms with Crippen LogP contribution in [0, 0.1) is 5.92 Å². The van der Waals surface area contributed by atoms with Crippen molar-refractivity contribution in [1.29, 1.82) is 0 Å². The van der Waals surface area contributed by atoms with Gasteiger partial charge in [-0.3, -0.25) is 0 Å². The molecule has 1 aliphatic rings. The average Bonchev–Trinajstić information content (AvgIpc) is 2.33. The minimum atomic E-state index is 0.649. The quantitative estimate of drug-likeness (QED) is 0.871. The Labute approximate surface area is 103 Å². The van der Waals surface area contributed by atoms with Gasteiger partial charge in [-0.15, -0.1) is 0 Å². The lowest BCUT2D eigenvalue weighted by Gasteiger charge is -2.32. The lowest BCUT2D eigenvalue weighted by Crippen LogP contribution is -2.34. The van der Waals surface area contributed by atoms with Crippen LogP contribution in [0.5, 0.6) is 0 Å². The topological polar surface area (TPSA) is 55.0 Å². The molecule has 0 radical (unpaired) electrons. The van der Waals surface area contributed by atoms with Crippen molar-refractivity contribution in [3.63, 3.8) is 0 Å². The number of anilines is 2. The van der Waals surface area contributed by atoms with Crippen LogP contribution in [-0.4, -0.2) is 23.1 Å². The monoisotopic (exact) mass is 234 g/mol. The molecule has 4 heteroatoms. The van der Waals surface area contributed by atoms with Gasteiger partial charge >= 0.3 is 0 Å². The molecule has 1 aliphatic heterocycles. The Hall–Kier alpha value is -1.32. The molecule has 0 aliphatic carbocycles. The Morgan fingerprint density at radius 1 is 1.35 bits per heavy atom. The fraction of sp³-hybridized carbons (Fsp3) is 0.692. The Morgan fingerprint density at radius 3 is 2.71 bits per heavy atom. The van der Waals surface area contributed by atoms with Crippen LogP contribution in [0.3, 0.4) is 0 Å². The Kier molecular flexibility index (Phi) is 3.82. The summed E-state index contributed by atoms with van der Waals surface area (Å²) < 4.78 is 0. The first-order valence-corrected chi connectivity index (χ1v) is 6.56. The first-order valence-electron chi connectivity index (χ1n) is 6.56. The molecular formula is C13H22N4. The number of piperidine rings is 1. The SMILES string of the molecule is CCCc1c(N)ncnc1N1CCC(C)CC1. The summed E-state index contributed by atoms with van der Waals surface area (Å²) in [4.78, 5) is 10.9. The number of aromatic nitrogens is 2. The second-order valence-electron chi connectivity index (χ2n) is 4.98. The predicted molar refractivity (Wildman–Crippen MR) is 71.1 cm³/mol. The van der Waals surface area contributed by atoms with E-state index < -0.39 is 0 Å². The van der Waals surface area contributed by atoms with Crippen LogP contribution in [-0.2, 0) is 6.42 Å². The molecule has 1 saturated heterocycles. The molecule has 0 atom stereocenters. The molecule has 0 saturated carbocycles. The van der Waals surface area contributed by atoms with Gasteiger partial charge in [0.05, 0.1) is 0 Å². The van der Waals surface area contributed by atoms with Crippen LogP contribution in [0.25, 0.3) is 0 Å². The van der Waals surface area contributed by atoms with Crippen molar-refractivity contribution in [3.05, 3.63) is 11.9 Å². The molecule has 2 heterocycles. The van der Waals surface area contributed by atoms with Gasteiger partial charge in [-0.1, -0.05) is 20.3 Å². The Balaban J connectivity index is 2.22. The first kappa shape index (κ1) is 12.1. The van der Waals surface area contributed by atoms with Gasteiger partial charge < -0.3 is 10.6 Å². The highest BCUT2D eigenvalue weighted by Crippen LogP contribution is 2.27. The molecule has 2 N–H and O–H groups in total.